The Morgan fingerprint density at radius 3 is 2.77 bits per heavy atom. The second-order valence-electron chi connectivity index (χ2n) is 4.90. The molecule has 0 saturated heterocycles. The first-order chi connectivity index (χ1) is 10.6. The van der Waals surface area contributed by atoms with E-state index < -0.39 is 0 Å². The van der Waals surface area contributed by atoms with Crippen molar-refractivity contribution in [1.29, 1.82) is 0 Å². The summed E-state index contributed by atoms with van der Waals surface area (Å²) in [5.74, 6) is -0.170. The number of aryl methyl sites for hydroxylation is 1. The maximum atomic E-state index is 13.7. The zero-order valence-electron chi connectivity index (χ0n) is 11.7. The number of rotatable bonds is 2. The maximum Gasteiger partial charge on any atom is 0.259 e. The predicted molar refractivity (Wildman–Crippen MR) is 87.2 cm³/mol. The van der Waals surface area contributed by atoms with E-state index in [1.165, 1.54) is 12.1 Å². The number of hydrogen-bond acceptors (Lipinski definition) is 2. The van der Waals surface area contributed by atoms with Crippen LogP contribution >= 0.6 is 11.6 Å². The van der Waals surface area contributed by atoms with Gasteiger partial charge in [-0.1, -0.05) is 41.9 Å². The third-order valence-electron chi connectivity index (χ3n) is 3.35. The van der Waals surface area contributed by atoms with Crippen molar-refractivity contribution in [3.63, 3.8) is 0 Å². The van der Waals surface area contributed by atoms with Gasteiger partial charge in [0.1, 0.15) is 5.82 Å². The first kappa shape index (κ1) is 14.5. The van der Waals surface area contributed by atoms with Crippen LogP contribution in [0, 0.1) is 12.7 Å². The number of para-hydroxylation sites is 1. The summed E-state index contributed by atoms with van der Waals surface area (Å²) in [5.41, 5.74) is 1.52. The predicted octanol–water partition coefficient (Wildman–Crippen LogP) is 4.11. The molecule has 5 heteroatoms. The second kappa shape index (κ2) is 5.73. The Balaban J connectivity index is 2.16. The van der Waals surface area contributed by atoms with Crippen molar-refractivity contribution in [2.75, 3.05) is 0 Å². The molecule has 0 radical (unpaired) electrons. The smallest absolute Gasteiger partial charge is 0.259 e. The van der Waals surface area contributed by atoms with Crippen LogP contribution in [-0.2, 0) is 0 Å². The zero-order chi connectivity index (χ0) is 15.7. The highest BCUT2D eigenvalue weighted by Crippen LogP contribution is 2.22. The molecule has 1 N–H and O–H groups in total. The molecule has 0 aliphatic heterocycles. The summed E-state index contributed by atoms with van der Waals surface area (Å²) in [5, 5.41) is 0.673. The van der Waals surface area contributed by atoms with E-state index in [0.717, 1.165) is 5.56 Å². The van der Waals surface area contributed by atoms with Crippen LogP contribution in [-0.4, -0.2) is 9.97 Å². The van der Waals surface area contributed by atoms with E-state index in [4.69, 9.17) is 11.6 Å². The van der Waals surface area contributed by atoms with E-state index in [9.17, 15) is 9.18 Å². The van der Waals surface area contributed by atoms with E-state index in [0.29, 0.717) is 16.5 Å². The molecule has 0 spiro atoms. The van der Waals surface area contributed by atoms with Gasteiger partial charge in [0.05, 0.1) is 15.9 Å². The Morgan fingerprint density at radius 1 is 1.23 bits per heavy atom. The number of nitrogens with zero attached hydrogens (tertiary/aromatic N) is 1. The summed E-state index contributed by atoms with van der Waals surface area (Å²) < 4.78 is 13.7. The van der Waals surface area contributed by atoms with E-state index in [2.05, 4.69) is 9.97 Å². The van der Waals surface area contributed by atoms with E-state index >= 15 is 0 Å². The molecule has 0 aliphatic rings. The van der Waals surface area contributed by atoms with Crippen molar-refractivity contribution in [2.24, 2.45) is 0 Å². The Hall–Kier alpha value is -2.46. The summed E-state index contributed by atoms with van der Waals surface area (Å²) in [6, 6.07) is 11.6. The average Bonchev–Trinajstić information content (AvgIpc) is 2.50. The third-order valence-corrected chi connectivity index (χ3v) is 3.64. The van der Waals surface area contributed by atoms with Crippen LogP contribution < -0.4 is 5.56 Å². The van der Waals surface area contributed by atoms with Crippen molar-refractivity contribution in [2.45, 2.75) is 6.92 Å². The molecule has 0 amide bonds. The fraction of sp³-hybridized carbons (Fsp3) is 0.0588. The summed E-state index contributed by atoms with van der Waals surface area (Å²) in [6.07, 6.45) is 1.44. The lowest BCUT2D eigenvalue weighted by Gasteiger charge is -2.04. The monoisotopic (exact) mass is 314 g/mol. The maximum absolute atomic E-state index is 13.7. The Kier molecular flexibility index (Phi) is 3.77. The number of aromatic amines is 1. The minimum atomic E-state index is -0.389. The molecular formula is C17H12ClFN2O. The number of halogens is 2. The molecule has 3 rings (SSSR count). The molecule has 0 atom stereocenters. The number of H-pyrrole nitrogens is 1. The van der Waals surface area contributed by atoms with Gasteiger partial charge in [-0.25, -0.2) is 9.37 Å². The zero-order valence-corrected chi connectivity index (χ0v) is 12.5. The molecule has 0 fully saturated rings. The van der Waals surface area contributed by atoms with Crippen molar-refractivity contribution < 1.29 is 4.39 Å². The van der Waals surface area contributed by atoms with E-state index in [-0.39, 0.29) is 22.2 Å². The fourth-order valence-corrected chi connectivity index (χ4v) is 2.42. The highest BCUT2D eigenvalue weighted by Gasteiger charge is 2.09. The van der Waals surface area contributed by atoms with Crippen LogP contribution in [0.15, 0.2) is 47.3 Å². The number of benzene rings is 2. The van der Waals surface area contributed by atoms with Gasteiger partial charge < -0.3 is 4.98 Å². The molecule has 3 nitrogen and oxygen atoms in total. The lowest BCUT2D eigenvalue weighted by molar-refractivity contribution is 0.625. The number of hydrogen-bond donors (Lipinski definition) is 1. The van der Waals surface area contributed by atoms with Gasteiger partial charge in [0.2, 0.25) is 0 Å². The number of nitrogens with one attached hydrogen (secondary N) is 1. The fourth-order valence-electron chi connectivity index (χ4n) is 2.22. The van der Waals surface area contributed by atoms with Crippen LogP contribution in [0.2, 0.25) is 0 Å². The van der Waals surface area contributed by atoms with Crippen molar-refractivity contribution in [3.05, 3.63) is 75.6 Å². The van der Waals surface area contributed by atoms with E-state index in [1.807, 2.05) is 13.0 Å². The van der Waals surface area contributed by atoms with Crippen LogP contribution in [0.5, 0.6) is 0 Å². The molecule has 1 heterocycles. The minimum absolute atomic E-state index is 0.173. The third kappa shape index (κ3) is 2.65. The van der Waals surface area contributed by atoms with Crippen molar-refractivity contribution in [1.82, 2.24) is 9.97 Å². The molecule has 2 aromatic carbocycles. The van der Waals surface area contributed by atoms with Gasteiger partial charge >= 0.3 is 0 Å². The molecule has 0 unspecified atom stereocenters. The summed E-state index contributed by atoms with van der Waals surface area (Å²) >= 11 is 6.20. The first-order valence-electron chi connectivity index (χ1n) is 6.68. The molecular weight excluding hydrogens is 303 g/mol. The van der Waals surface area contributed by atoms with Crippen molar-refractivity contribution in [3.8, 4) is 0 Å². The molecule has 0 bridgehead atoms. The number of fused-ring (bicyclic) bond motifs is 1. The van der Waals surface area contributed by atoms with Crippen LogP contribution in [0.1, 0.15) is 17.0 Å². The average molecular weight is 315 g/mol. The minimum Gasteiger partial charge on any atom is -0.305 e. The van der Waals surface area contributed by atoms with Crippen LogP contribution in [0.4, 0.5) is 4.39 Å². The quantitative estimate of drug-likeness (QED) is 0.773. The Morgan fingerprint density at radius 2 is 2.00 bits per heavy atom. The SMILES string of the molecule is Cc1cccc2c(=O)[nH]c(/C(Cl)=C/c3ccccc3F)nc12. The van der Waals surface area contributed by atoms with Crippen molar-refractivity contribution >= 4 is 33.6 Å². The van der Waals surface area contributed by atoms with Gasteiger partial charge in [0.15, 0.2) is 5.82 Å². The largest absolute Gasteiger partial charge is 0.305 e. The van der Waals surface area contributed by atoms with Gasteiger partial charge in [-0.15, -0.1) is 0 Å². The standard InChI is InChI=1S/C17H12ClFN2O/c1-10-5-4-7-12-15(10)20-16(21-17(12)22)13(18)9-11-6-2-3-8-14(11)19/h2-9H,1H3,(H,20,21,22)/b13-9-. The highest BCUT2D eigenvalue weighted by molar-refractivity contribution is 6.50. The Labute approximate surface area is 131 Å². The summed E-state index contributed by atoms with van der Waals surface area (Å²) in [4.78, 5) is 19.1. The molecule has 22 heavy (non-hydrogen) atoms. The molecule has 3 aromatic rings. The normalized spacial score (nSPS) is 11.9. The van der Waals surface area contributed by atoms with Gasteiger partial charge in [-0.05, 0) is 30.7 Å². The number of aromatic nitrogens is 2. The lowest BCUT2D eigenvalue weighted by Crippen LogP contribution is -2.11. The van der Waals surface area contributed by atoms with Gasteiger partial charge in [0.25, 0.3) is 5.56 Å². The molecule has 0 aliphatic carbocycles. The molecule has 0 saturated carbocycles. The molecule has 110 valence electrons. The van der Waals surface area contributed by atoms with E-state index in [1.54, 1.807) is 30.3 Å². The molecule has 1 aromatic heterocycles. The Bertz CT molecular complexity index is 947. The first-order valence-corrected chi connectivity index (χ1v) is 7.06. The second-order valence-corrected chi connectivity index (χ2v) is 5.31. The summed E-state index contributed by atoms with van der Waals surface area (Å²) in [6.45, 7) is 1.87. The van der Waals surface area contributed by atoms with Crippen LogP contribution in [0.25, 0.3) is 22.0 Å². The topological polar surface area (TPSA) is 45.8 Å². The highest BCUT2D eigenvalue weighted by atomic mass is 35.5. The van der Waals surface area contributed by atoms with Gasteiger partial charge in [0, 0.05) is 5.56 Å². The summed E-state index contributed by atoms with van der Waals surface area (Å²) in [7, 11) is 0. The van der Waals surface area contributed by atoms with Crippen LogP contribution in [0.3, 0.4) is 0 Å². The van der Waals surface area contributed by atoms with Gasteiger partial charge in [-0.2, -0.15) is 0 Å². The van der Waals surface area contributed by atoms with Gasteiger partial charge in [-0.3, -0.25) is 4.79 Å². The lowest BCUT2D eigenvalue weighted by atomic mass is 10.1.